The first-order chi connectivity index (χ1) is 9.00. The summed E-state index contributed by atoms with van der Waals surface area (Å²) in [5, 5.41) is 0. The molecule has 20 heavy (non-hydrogen) atoms. The van der Waals surface area contributed by atoms with Crippen LogP contribution in [0.4, 0.5) is 0 Å². The highest BCUT2D eigenvalue weighted by Gasteiger charge is 2.41. The fourth-order valence-corrected chi connectivity index (χ4v) is 5.32. The number of nitrogens with two attached hydrogens (primary N) is 1. The Morgan fingerprint density at radius 1 is 1.35 bits per heavy atom. The first-order valence-corrected chi connectivity index (χ1v) is 9.37. The number of hydrogen-bond donors (Lipinski definition) is 2. The van der Waals surface area contributed by atoms with Crippen LogP contribution in [0.25, 0.3) is 0 Å². The van der Waals surface area contributed by atoms with Crippen molar-refractivity contribution in [3.8, 4) is 0 Å². The molecule has 0 aromatic carbocycles. The van der Waals surface area contributed by atoms with E-state index in [-0.39, 0.29) is 16.2 Å². The second kappa shape index (κ2) is 6.28. The lowest BCUT2D eigenvalue weighted by atomic mass is 9.76. The molecule has 0 atom stereocenters. The molecule has 0 radical (unpaired) electrons. The van der Waals surface area contributed by atoms with Crippen LogP contribution in [0.2, 0.25) is 0 Å². The van der Waals surface area contributed by atoms with Gasteiger partial charge in [-0.3, -0.25) is 0 Å². The molecule has 0 aliphatic heterocycles. The van der Waals surface area contributed by atoms with Crippen LogP contribution in [-0.2, 0) is 10.0 Å². The summed E-state index contributed by atoms with van der Waals surface area (Å²) in [4.78, 5) is 0.282. The predicted octanol–water partition coefficient (Wildman–Crippen LogP) is 2.58. The van der Waals surface area contributed by atoms with Crippen molar-refractivity contribution in [3.63, 3.8) is 0 Å². The van der Waals surface area contributed by atoms with E-state index in [1.807, 2.05) is 20.8 Å². The molecule has 1 aliphatic rings. The molecule has 1 aliphatic carbocycles. The molecular weight excluding hydrogens is 292 g/mol. The van der Waals surface area contributed by atoms with Gasteiger partial charge >= 0.3 is 0 Å². The second-order valence-electron chi connectivity index (χ2n) is 7.22. The van der Waals surface area contributed by atoms with E-state index in [0.717, 1.165) is 19.3 Å². The first kappa shape index (κ1) is 17.9. The summed E-state index contributed by atoms with van der Waals surface area (Å²) in [7, 11) is -3.38. The lowest BCUT2D eigenvalue weighted by molar-refractivity contribution is 0.268. The topological polar surface area (TPSA) is 72.2 Å². The maximum Gasteiger partial charge on any atom is 0.213 e. The van der Waals surface area contributed by atoms with E-state index < -0.39 is 15.6 Å². The summed E-state index contributed by atoms with van der Waals surface area (Å²) in [5.74, 6) is 0.742. The summed E-state index contributed by atoms with van der Waals surface area (Å²) in [6.45, 7) is 7.90. The lowest BCUT2D eigenvalue weighted by Gasteiger charge is -2.40. The largest absolute Gasteiger partial charge is 0.392 e. The number of nitrogens with one attached hydrogen (secondary N) is 1. The van der Waals surface area contributed by atoms with Crippen LogP contribution in [0.5, 0.6) is 0 Å². The van der Waals surface area contributed by atoms with Gasteiger partial charge in [-0.2, -0.15) is 0 Å². The van der Waals surface area contributed by atoms with Gasteiger partial charge in [-0.1, -0.05) is 46.3 Å². The molecule has 0 aromatic heterocycles. The fourth-order valence-electron chi connectivity index (χ4n) is 2.88. The van der Waals surface area contributed by atoms with Gasteiger partial charge in [-0.15, -0.1) is 0 Å². The molecule has 0 bridgehead atoms. The Balaban J connectivity index is 2.86. The molecule has 6 heteroatoms. The van der Waals surface area contributed by atoms with Crippen LogP contribution in [0.1, 0.15) is 59.8 Å². The highest BCUT2D eigenvalue weighted by molar-refractivity contribution is 7.89. The molecule has 118 valence electrons. The van der Waals surface area contributed by atoms with E-state index in [4.69, 9.17) is 18.0 Å². The third-order valence-corrected chi connectivity index (χ3v) is 6.32. The number of rotatable bonds is 5. The zero-order valence-electron chi connectivity index (χ0n) is 13.0. The summed E-state index contributed by atoms with van der Waals surface area (Å²) in [6.07, 6.45) is 4.51. The average molecular weight is 321 g/mol. The van der Waals surface area contributed by atoms with Crippen molar-refractivity contribution in [2.45, 2.75) is 65.3 Å². The minimum atomic E-state index is -3.38. The Hall–Kier alpha value is -0.200. The Morgan fingerprint density at radius 3 is 2.20 bits per heavy atom. The van der Waals surface area contributed by atoms with E-state index in [2.05, 4.69) is 11.6 Å². The minimum Gasteiger partial charge on any atom is -0.392 e. The maximum atomic E-state index is 12.3. The average Bonchev–Trinajstić information content (AvgIpc) is 2.25. The molecule has 0 heterocycles. The zero-order chi connectivity index (χ0) is 15.6. The molecular formula is C14H28N2O2S2. The summed E-state index contributed by atoms with van der Waals surface area (Å²) < 4.78 is 27.5. The number of thiocarbonyl (C=S) groups is 1. The second-order valence-corrected chi connectivity index (χ2v) is 9.38. The smallest absolute Gasteiger partial charge is 0.213 e. The third kappa shape index (κ3) is 4.97. The SMILES string of the molecule is CCC1CCC(NS(=O)(=O)CC(C)(C)C)(C(N)=S)CC1. The molecule has 0 saturated heterocycles. The predicted molar refractivity (Wildman–Crippen MR) is 88.1 cm³/mol. The van der Waals surface area contributed by atoms with Gasteiger partial charge in [-0.05, 0) is 37.0 Å². The van der Waals surface area contributed by atoms with E-state index in [1.54, 1.807) is 0 Å². The Kier molecular flexibility index (Phi) is 5.60. The molecule has 4 nitrogen and oxygen atoms in total. The van der Waals surface area contributed by atoms with Gasteiger partial charge in [-0.25, -0.2) is 13.1 Å². The lowest BCUT2D eigenvalue weighted by Crippen LogP contribution is -2.59. The summed E-state index contributed by atoms with van der Waals surface area (Å²) in [5.41, 5.74) is 4.86. The molecule has 1 fully saturated rings. The summed E-state index contributed by atoms with van der Waals surface area (Å²) >= 11 is 5.16. The van der Waals surface area contributed by atoms with Crippen molar-refractivity contribution in [2.75, 3.05) is 5.75 Å². The quantitative estimate of drug-likeness (QED) is 0.764. The van der Waals surface area contributed by atoms with Crippen LogP contribution < -0.4 is 10.5 Å². The van der Waals surface area contributed by atoms with Gasteiger partial charge in [0.25, 0.3) is 0 Å². The van der Waals surface area contributed by atoms with E-state index in [0.29, 0.717) is 18.8 Å². The van der Waals surface area contributed by atoms with Crippen LogP contribution in [0, 0.1) is 11.3 Å². The van der Waals surface area contributed by atoms with E-state index >= 15 is 0 Å². The molecule has 1 rings (SSSR count). The standard InChI is InChI=1S/C14H28N2O2S2/c1-5-11-6-8-14(9-7-11,12(15)19)16-20(17,18)10-13(2,3)4/h11,16H,5-10H2,1-4H3,(H2,15,19). The van der Waals surface area contributed by atoms with Crippen LogP contribution >= 0.6 is 12.2 Å². The van der Waals surface area contributed by atoms with Gasteiger partial charge in [0.1, 0.15) is 0 Å². The van der Waals surface area contributed by atoms with Crippen molar-refractivity contribution in [1.29, 1.82) is 0 Å². The normalized spacial score (nSPS) is 28.3. The molecule has 0 unspecified atom stereocenters. The summed E-state index contributed by atoms with van der Waals surface area (Å²) in [6, 6.07) is 0. The van der Waals surface area contributed by atoms with Crippen LogP contribution in [-0.4, -0.2) is 24.7 Å². The maximum absolute atomic E-state index is 12.3. The molecule has 0 amide bonds. The Morgan fingerprint density at radius 2 is 1.85 bits per heavy atom. The molecule has 0 aromatic rings. The van der Waals surface area contributed by atoms with Crippen molar-refractivity contribution in [1.82, 2.24) is 4.72 Å². The minimum absolute atomic E-state index is 0.0849. The van der Waals surface area contributed by atoms with Crippen molar-refractivity contribution in [2.24, 2.45) is 17.1 Å². The Labute approximate surface area is 128 Å². The number of sulfonamides is 1. The van der Waals surface area contributed by atoms with Crippen molar-refractivity contribution in [3.05, 3.63) is 0 Å². The van der Waals surface area contributed by atoms with Crippen LogP contribution in [0.15, 0.2) is 0 Å². The van der Waals surface area contributed by atoms with Crippen molar-refractivity contribution >= 4 is 27.2 Å². The zero-order valence-corrected chi connectivity index (χ0v) is 14.7. The van der Waals surface area contributed by atoms with E-state index in [1.165, 1.54) is 0 Å². The van der Waals surface area contributed by atoms with Crippen LogP contribution in [0.3, 0.4) is 0 Å². The van der Waals surface area contributed by atoms with Gasteiger partial charge in [0.2, 0.25) is 10.0 Å². The number of hydrogen-bond acceptors (Lipinski definition) is 3. The monoisotopic (exact) mass is 320 g/mol. The fraction of sp³-hybridized carbons (Fsp3) is 0.929. The third-order valence-electron chi connectivity index (χ3n) is 3.98. The molecule has 0 spiro atoms. The Bertz CT molecular complexity index is 444. The van der Waals surface area contributed by atoms with Gasteiger partial charge in [0.05, 0.1) is 16.3 Å². The highest BCUT2D eigenvalue weighted by atomic mass is 32.2. The first-order valence-electron chi connectivity index (χ1n) is 7.31. The molecule has 1 saturated carbocycles. The van der Waals surface area contributed by atoms with Gasteiger partial charge in [0.15, 0.2) is 0 Å². The van der Waals surface area contributed by atoms with Gasteiger partial charge < -0.3 is 5.73 Å². The van der Waals surface area contributed by atoms with E-state index in [9.17, 15) is 8.42 Å². The highest BCUT2D eigenvalue weighted by Crippen LogP contribution is 2.35. The van der Waals surface area contributed by atoms with Crippen molar-refractivity contribution < 1.29 is 8.42 Å². The molecule has 3 N–H and O–H groups in total. The van der Waals surface area contributed by atoms with Gasteiger partial charge in [0, 0.05) is 0 Å².